The summed E-state index contributed by atoms with van der Waals surface area (Å²) in [6, 6.07) is 4.45. The van der Waals surface area contributed by atoms with Crippen molar-refractivity contribution in [3.63, 3.8) is 0 Å². The Hall–Kier alpha value is -1.51. The molecule has 0 atom stereocenters. The van der Waals surface area contributed by atoms with Crippen LogP contribution in [0, 0.1) is 0 Å². The van der Waals surface area contributed by atoms with Gasteiger partial charge in [0, 0.05) is 4.90 Å². The summed E-state index contributed by atoms with van der Waals surface area (Å²) in [4.78, 5) is 4.56. The van der Waals surface area contributed by atoms with Gasteiger partial charge in [-0.2, -0.15) is 0 Å². The highest BCUT2D eigenvalue weighted by molar-refractivity contribution is 7.99. The van der Waals surface area contributed by atoms with Crippen molar-refractivity contribution in [3.05, 3.63) is 30.7 Å². The summed E-state index contributed by atoms with van der Waals surface area (Å²) in [7, 11) is -3.79. The molecular weight excluding hydrogens is 262 g/mol. The molecule has 1 aromatic heterocycles. The molecule has 4 N–H and O–H groups in total. The van der Waals surface area contributed by atoms with Gasteiger partial charge in [0.15, 0.2) is 0 Å². The lowest BCUT2D eigenvalue weighted by Gasteiger charge is -2.04. The van der Waals surface area contributed by atoms with E-state index in [-0.39, 0.29) is 10.6 Å². The number of rotatable bonds is 3. The maximum atomic E-state index is 11.1. The third-order valence-electron chi connectivity index (χ3n) is 1.90. The first kappa shape index (κ1) is 12.0. The van der Waals surface area contributed by atoms with Crippen LogP contribution in [0.25, 0.3) is 0 Å². The van der Waals surface area contributed by atoms with E-state index in [2.05, 4.69) is 4.98 Å². The number of oxazole rings is 1. The fraction of sp³-hybridized carbons (Fsp3) is 0. The van der Waals surface area contributed by atoms with Gasteiger partial charge in [0.25, 0.3) is 5.22 Å². The summed E-state index contributed by atoms with van der Waals surface area (Å²) in [6.45, 7) is 0. The van der Waals surface area contributed by atoms with E-state index in [0.29, 0.717) is 5.22 Å². The summed E-state index contributed by atoms with van der Waals surface area (Å²) in [5, 5.41) is 5.45. The number of anilines is 1. The van der Waals surface area contributed by atoms with Gasteiger partial charge in [-0.15, -0.1) is 0 Å². The number of nitrogens with zero attached hydrogens (tertiary/aromatic N) is 1. The number of sulfonamides is 1. The Bertz CT molecular complexity index is 623. The molecule has 6 nitrogen and oxygen atoms in total. The number of benzene rings is 1. The van der Waals surface area contributed by atoms with E-state index in [9.17, 15) is 8.42 Å². The monoisotopic (exact) mass is 271 g/mol. The second-order valence-corrected chi connectivity index (χ2v) is 5.70. The van der Waals surface area contributed by atoms with Gasteiger partial charge in [0.05, 0.1) is 11.9 Å². The molecule has 2 rings (SSSR count). The van der Waals surface area contributed by atoms with Crippen molar-refractivity contribution < 1.29 is 12.8 Å². The molecule has 17 heavy (non-hydrogen) atoms. The predicted octanol–water partition coefficient (Wildman–Crippen LogP) is 1.06. The smallest absolute Gasteiger partial charge is 0.260 e. The average Bonchev–Trinajstić information content (AvgIpc) is 2.68. The first-order chi connectivity index (χ1) is 7.97. The molecular formula is C9H9N3O3S2. The van der Waals surface area contributed by atoms with Gasteiger partial charge >= 0.3 is 0 Å². The van der Waals surface area contributed by atoms with E-state index in [0.717, 1.165) is 4.90 Å². The summed E-state index contributed by atoms with van der Waals surface area (Å²) >= 11 is 1.23. The molecule has 8 heteroatoms. The van der Waals surface area contributed by atoms with Crippen molar-refractivity contribution in [2.45, 2.75) is 15.0 Å². The molecule has 0 aliphatic rings. The van der Waals surface area contributed by atoms with Crippen molar-refractivity contribution in [2.75, 3.05) is 5.73 Å². The molecule has 1 heterocycles. The highest BCUT2D eigenvalue weighted by Gasteiger charge is 2.13. The van der Waals surface area contributed by atoms with Crippen LogP contribution >= 0.6 is 11.8 Å². The van der Waals surface area contributed by atoms with E-state index in [1.54, 1.807) is 6.07 Å². The normalized spacial score (nSPS) is 11.6. The molecule has 0 radical (unpaired) electrons. The zero-order valence-corrected chi connectivity index (χ0v) is 10.2. The number of nitrogen functional groups attached to an aromatic ring is 1. The summed E-state index contributed by atoms with van der Waals surface area (Å²) in [5.74, 6) is 0. The number of primary sulfonamides is 1. The zero-order valence-electron chi connectivity index (χ0n) is 8.53. The number of hydrogen-bond donors (Lipinski definition) is 2. The quantitative estimate of drug-likeness (QED) is 0.807. The van der Waals surface area contributed by atoms with Gasteiger partial charge in [0.1, 0.15) is 11.2 Å². The number of hydrogen-bond acceptors (Lipinski definition) is 6. The lowest BCUT2D eigenvalue weighted by molar-refractivity contribution is 0.454. The molecule has 0 aliphatic carbocycles. The van der Waals surface area contributed by atoms with E-state index in [4.69, 9.17) is 15.3 Å². The SMILES string of the molecule is Nc1cc(Sc2ncco2)ccc1S(N)(=O)=O. The van der Waals surface area contributed by atoms with Gasteiger partial charge < -0.3 is 10.2 Å². The fourth-order valence-corrected chi connectivity index (χ4v) is 2.60. The molecule has 0 amide bonds. The van der Waals surface area contributed by atoms with Crippen LogP contribution < -0.4 is 10.9 Å². The molecule has 1 aromatic carbocycles. The fourth-order valence-electron chi connectivity index (χ4n) is 1.21. The van der Waals surface area contributed by atoms with E-state index in [1.165, 1.54) is 36.4 Å². The predicted molar refractivity (Wildman–Crippen MR) is 62.9 cm³/mol. The minimum atomic E-state index is -3.79. The van der Waals surface area contributed by atoms with Crippen LogP contribution in [0.15, 0.2) is 50.1 Å². The third-order valence-corrected chi connectivity index (χ3v) is 3.75. The topological polar surface area (TPSA) is 112 Å². The molecule has 0 aliphatic heterocycles. The summed E-state index contributed by atoms with van der Waals surface area (Å²) in [5.41, 5.74) is 5.71. The maximum Gasteiger partial charge on any atom is 0.260 e. The van der Waals surface area contributed by atoms with Crippen molar-refractivity contribution in [2.24, 2.45) is 5.14 Å². The van der Waals surface area contributed by atoms with E-state index >= 15 is 0 Å². The van der Waals surface area contributed by atoms with Gasteiger partial charge in [-0.3, -0.25) is 0 Å². The van der Waals surface area contributed by atoms with Gasteiger partial charge in [-0.05, 0) is 30.0 Å². The molecule has 90 valence electrons. The van der Waals surface area contributed by atoms with Crippen LogP contribution in [0.2, 0.25) is 0 Å². The van der Waals surface area contributed by atoms with E-state index in [1.807, 2.05) is 0 Å². The van der Waals surface area contributed by atoms with Crippen LogP contribution in [-0.4, -0.2) is 13.4 Å². The van der Waals surface area contributed by atoms with Gasteiger partial charge in [-0.1, -0.05) is 0 Å². The lowest BCUT2D eigenvalue weighted by Crippen LogP contribution is -2.14. The van der Waals surface area contributed by atoms with Crippen LogP contribution in [0.1, 0.15) is 0 Å². The number of nitrogens with two attached hydrogens (primary N) is 2. The first-order valence-electron chi connectivity index (χ1n) is 4.46. The summed E-state index contributed by atoms with van der Waals surface area (Å²) in [6.07, 6.45) is 2.97. The van der Waals surface area contributed by atoms with Crippen molar-refractivity contribution in [3.8, 4) is 0 Å². The zero-order chi connectivity index (χ0) is 12.5. The van der Waals surface area contributed by atoms with E-state index < -0.39 is 10.0 Å². The van der Waals surface area contributed by atoms with Gasteiger partial charge in [0.2, 0.25) is 10.0 Å². The first-order valence-corrected chi connectivity index (χ1v) is 6.83. The van der Waals surface area contributed by atoms with Crippen LogP contribution in [0.3, 0.4) is 0 Å². The van der Waals surface area contributed by atoms with Crippen molar-refractivity contribution in [1.82, 2.24) is 4.98 Å². The molecule has 0 spiro atoms. The second kappa shape index (κ2) is 4.40. The minimum Gasteiger partial charge on any atom is -0.440 e. The largest absolute Gasteiger partial charge is 0.440 e. The Morgan fingerprint density at radius 2 is 2.12 bits per heavy atom. The Morgan fingerprint density at radius 1 is 1.35 bits per heavy atom. The van der Waals surface area contributed by atoms with Crippen LogP contribution in [-0.2, 0) is 10.0 Å². The number of aromatic nitrogens is 1. The second-order valence-electron chi connectivity index (χ2n) is 3.14. The van der Waals surface area contributed by atoms with Crippen molar-refractivity contribution in [1.29, 1.82) is 0 Å². The average molecular weight is 271 g/mol. The molecule has 0 fully saturated rings. The Balaban J connectivity index is 2.32. The summed E-state index contributed by atoms with van der Waals surface area (Å²) < 4.78 is 27.3. The molecule has 0 bridgehead atoms. The highest BCUT2D eigenvalue weighted by atomic mass is 32.2. The molecule has 0 unspecified atom stereocenters. The highest BCUT2D eigenvalue weighted by Crippen LogP contribution is 2.29. The lowest BCUT2D eigenvalue weighted by atomic mass is 10.3. The van der Waals surface area contributed by atoms with Crippen molar-refractivity contribution >= 4 is 27.5 Å². The van der Waals surface area contributed by atoms with Gasteiger partial charge in [-0.25, -0.2) is 18.5 Å². The maximum absolute atomic E-state index is 11.1. The van der Waals surface area contributed by atoms with Crippen LogP contribution in [0.4, 0.5) is 5.69 Å². The Morgan fingerprint density at radius 3 is 2.65 bits per heavy atom. The molecule has 2 aromatic rings. The molecule has 0 saturated heterocycles. The molecule has 0 saturated carbocycles. The third kappa shape index (κ3) is 2.78. The Kier molecular flexibility index (Phi) is 3.09. The minimum absolute atomic E-state index is 0.0887. The standard InChI is InChI=1S/C9H9N3O3S2/c10-7-5-6(16-9-12-3-4-15-9)1-2-8(7)17(11,13)14/h1-5H,10H2,(H2,11,13,14). The Labute approximate surface area is 102 Å². The van der Waals surface area contributed by atoms with Crippen LogP contribution in [0.5, 0.6) is 0 Å².